The Bertz CT molecular complexity index is 1320. The van der Waals surface area contributed by atoms with Gasteiger partial charge in [-0.25, -0.2) is 0 Å². The summed E-state index contributed by atoms with van der Waals surface area (Å²) in [5.74, 6) is -0.288. The molecule has 2 aromatic heterocycles. The maximum Gasteiger partial charge on any atom is 0.416 e. The zero-order chi connectivity index (χ0) is 24.2. The molecule has 2 aliphatic rings. The number of oxazole rings is 1. The molecule has 0 saturated carbocycles. The lowest BCUT2D eigenvalue weighted by Crippen LogP contribution is -2.45. The highest BCUT2D eigenvalue weighted by Crippen LogP contribution is 2.40. The standard InChI is InChI=1S/C23H20ClF3N4O3/c1-11-19-13(6-14(8-16(19)24)23(25,26)27)2-4-31(11)21(32)18-7-12(3-5-33-18)15-9-29-10-17-20(15)34-22(28)30-17/h6-11,18H,2-5H2,1H3,(H2,28,30)/t11-,18?/m0/s1. The number of halogens is 4. The first-order valence-corrected chi connectivity index (χ1v) is 11.0. The van der Waals surface area contributed by atoms with Crippen LogP contribution in [0.3, 0.4) is 0 Å². The number of carbonyl (C=O) groups is 1. The zero-order valence-electron chi connectivity index (χ0n) is 18.0. The Kier molecular flexibility index (Phi) is 5.52. The number of alkyl halides is 3. The number of aromatic nitrogens is 2. The monoisotopic (exact) mass is 492 g/mol. The minimum Gasteiger partial charge on any atom is -0.423 e. The van der Waals surface area contributed by atoms with Gasteiger partial charge in [-0.3, -0.25) is 9.78 Å². The third-order valence-electron chi connectivity index (χ3n) is 6.26. The van der Waals surface area contributed by atoms with Crippen LogP contribution in [0.25, 0.3) is 16.7 Å². The average Bonchev–Trinajstić information content (AvgIpc) is 3.18. The molecule has 11 heteroatoms. The second-order valence-electron chi connectivity index (χ2n) is 8.31. The van der Waals surface area contributed by atoms with E-state index >= 15 is 0 Å². The summed E-state index contributed by atoms with van der Waals surface area (Å²) in [4.78, 5) is 23.3. The normalized spacial score (nSPS) is 20.9. The summed E-state index contributed by atoms with van der Waals surface area (Å²) >= 11 is 6.25. The van der Waals surface area contributed by atoms with Gasteiger partial charge in [0.05, 0.1) is 24.4 Å². The molecule has 5 rings (SSSR count). The fourth-order valence-corrected chi connectivity index (χ4v) is 5.04. The van der Waals surface area contributed by atoms with Crippen molar-refractivity contribution < 1.29 is 27.1 Å². The van der Waals surface area contributed by atoms with Crippen LogP contribution >= 0.6 is 11.6 Å². The zero-order valence-corrected chi connectivity index (χ0v) is 18.8. The molecule has 0 spiro atoms. The summed E-state index contributed by atoms with van der Waals surface area (Å²) in [5, 5.41) is -0.00345. The Hall–Kier alpha value is -3.11. The number of pyridine rings is 1. The molecule has 2 aliphatic heterocycles. The molecular weight excluding hydrogens is 473 g/mol. The van der Waals surface area contributed by atoms with E-state index in [1.807, 2.05) is 0 Å². The maximum absolute atomic E-state index is 13.4. The van der Waals surface area contributed by atoms with Crippen molar-refractivity contribution in [1.82, 2.24) is 14.9 Å². The molecule has 1 amide bonds. The van der Waals surface area contributed by atoms with Gasteiger partial charge in [-0.05, 0) is 54.7 Å². The summed E-state index contributed by atoms with van der Waals surface area (Å²) in [6, 6.07) is 1.55. The molecule has 0 aliphatic carbocycles. The van der Waals surface area contributed by atoms with Crippen LogP contribution in [0.5, 0.6) is 0 Å². The van der Waals surface area contributed by atoms with Crippen molar-refractivity contribution in [3.8, 4) is 0 Å². The molecule has 3 aromatic rings. The van der Waals surface area contributed by atoms with Crippen molar-refractivity contribution in [3.63, 3.8) is 0 Å². The van der Waals surface area contributed by atoms with Crippen molar-refractivity contribution in [2.24, 2.45) is 0 Å². The number of hydrogen-bond donors (Lipinski definition) is 1. The molecule has 0 fully saturated rings. The average molecular weight is 493 g/mol. The smallest absolute Gasteiger partial charge is 0.416 e. The van der Waals surface area contributed by atoms with Crippen molar-refractivity contribution in [2.45, 2.75) is 38.1 Å². The van der Waals surface area contributed by atoms with Gasteiger partial charge >= 0.3 is 6.18 Å². The number of anilines is 1. The number of benzene rings is 1. The van der Waals surface area contributed by atoms with Crippen LogP contribution in [0.1, 0.15) is 41.6 Å². The molecule has 0 radical (unpaired) electrons. The van der Waals surface area contributed by atoms with Gasteiger partial charge in [-0.15, -0.1) is 0 Å². The quantitative estimate of drug-likeness (QED) is 0.552. The molecule has 0 saturated heterocycles. The van der Waals surface area contributed by atoms with Crippen LogP contribution in [-0.2, 0) is 22.1 Å². The van der Waals surface area contributed by atoms with Crippen LogP contribution in [0.2, 0.25) is 5.02 Å². The van der Waals surface area contributed by atoms with Gasteiger partial charge < -0.3 is 19.8 Å². The van der Waals surface area contributed by atoms with E-state index in [1.54, 1.807) is 30.3 Å². The summed E-state index contributed by atoms with van der Waals surface area (Å²) in [5.41, 5.74) is 8.41. The highest BCUT2D eigenvalue weighted by molar-refractivity contribution is 6.31. The van der Waals surface area contributed by atoms with Crippen molar-refractivity contribution in [3.05, 3.63) is 57.9 Å². The first-order valence-electron chi connectivity index (χ1n) is 10.7. The van der Waals surface area contributed by atoms with E-state index in [0.29, 0.717) is 40.8 Å². The predicted octanol–water partition coefficient (Wildman–Crippen LogP) is 4.80. The molecule has 0 bridgehead atoms. The predicted molar refractivity (Wildman–Crippen MR) is 119 cm³/mol. The number of amides is 1. The summed E-state index contributed by atoms with van der Waals surface area (Å²) in [6.07, 6.45) is 0.339. The number of rotatable bonds is 2. The minimum atomic E-state index is -4.49. The first-order chi connectivity index (χ1) is 16.1. The maximum atomic E-state index is 13.4. The van der Waals surface area contributed by atoms with Gasteiger partial charge in [0.25, 0.3) is 11.9 Å². The van der Waals surface area contributed by atoms with Gasteiger partial charge in [0.2, 0.25) is 0 Å². The Morgan fingerprint density at radius 1 is 1.26 bits per heavy atom. The van der Waals surface area contributed by atoms with Crippen LogP contribution in [0, 0.1) is 0 Å². The molecule has 1 aromatic carbocycles. The Labute approximate surface area is 197 Å². The van der Waals surface area contributed by atoms with E-state index in [4.69, 9.17) is 26.5 Å². The topological polar surface area (TPSA) is 94.5 Å². The molecule has 7 nitrogen and oxygen atoms in total. The molecule has 2 atom stereocenters. The van der Waals surface area contributed by atoms with Gasteiger partial charge in [-0.2, -0.15) is 18.2 Å². The summed E-state index contributed by atoms with van der Waals surface area (Å²) < 4.78 is 50.8. The van der Waals surface area contributed by atoms with Crippen molar-refractivity contribution in [1.29, 1.82) is 0 Å². The lowest BCUT2D eigenvalue weighted by Gasteiger charge is -2.38. The number of nitrogens with two attached hydrogens (primary N) is 1. The van der Waals surface area contributed by atoms with Gasteiger partial charge in [0.1, 0.15) is 5.52 Å². The highest BCUT2D eigenvalue weighted by Gasteiger charge is 2.37. The third-order valence-corrected chi connectivity index (χ3v) is 6.57. The van der Waals surface area contributed by atoms with Crippen LogP contribution in [0.4, 0.5) is 19.2 Å². The Morgan fingerprint density at radius 3 is 2.82 bits per heavy atom. The minimum absolute atomic E-state index is 0.00345. The van der Waals surface area contributed by atoms with Crippen LogP contribution in [-0.4, -0.2) is 40.0 Å². The van der Waals surface area contributed by atoms with E-state index in [2.05, 4.69) is 9.97 Å². The number of nitrogens with zero attached hydrogens (tertiary/aromatic N) is 3. The summed E-state index contributed by atoms with van der Waals surface area (Å²) in [6.45, 7) is 2.31. The van der Waals surface area contributed by atoms with Gasteiger partial charge in [-0.1, -0.05) is 11.6 Å². The number of ether oxygens (including phenoxy) is 1. The van der Waals surface area contributed by atoms with Gasteiger partial charge in [0.15, 0.2) is 11.7 Å². The number of carbonyl (C=O) groups excluding carboxylic acids is 1. The third kappa shape index (κ3) is 3.90. The Morgan fingerprint density at radius 2 is 2.06 bits per heavy atom. The van der Waals surface area contributed by atoms with E-state index in [9.17, 15) is 18.0 Å². The number of fused-ring (bicyclic) bond motifs is 2. The van der Waals surface area contributed by atoms with E-state index in [0.717, 1.165) is 17.7 Å². The SMILES string of the molecule is C[C@H]1c2c(Cl)cc(C(F)(F)F)cc2CCN1C(=O)C1C=C(c2cncc3nc(N)oc23)CCO1. The summed E-state index contributed by atoms with van der Waals surface area (Å²) in [7, 11) is 0. The highest BCUT2D eigenvalue weighted by atomic mass is 35.5. The molecule has 1 unspecified atom stereocenters. The largest absolute Gasteiger partial charge is 0.423 e. The lowest BCUT2D eigenvalue weighted by atomic mass is 9.90. The molecular formula is C23H20ClF3N4O3. The van der Waals surface area contributed by atoms with Gasteiger partial charge in [0, 0.05) is 23.3 Å². The molecule has 34 heavy (non-hydrogen) atoms. The van der Waals surface area contributed by atoms with Crippen molar-refractivity contribution >= 4 is 40.2 Å². The Balaban J connectivity index is 1.44. The van der Waals surface area contributed by atoms with E-state index in [-0.39, 0.29) is 29.9 Å². The molecule has 4 heterocycles. The second kappa shape index (κ2) is 8.28. The van der Waals surface area contributed by atoms with Crippen molar-refractivity contribution in [2.75, 3.05) is 18.9 Å². The van der Waals surface area contributed by atoms with Crippen LogP contribution < -0.4 is 5.73 Å². The van der Waals surface area contributed by atoms with E-state index in [1.165, 1.54) is 0 Å². The number of nitrogen functional groups attached to an aromatic ring is 1. The molecule has 178 valence electrons. The molecule has 2 N–H and O–H groups in total. The lowest BCUT2D eigenvalue weighted by molar-refractivity contribution is -0.144. The number of hydrogen-bond acceptors (Lipinski definition) is 6. The second-order valence-corrected chi connectivity index (χ2v) is 8.71. The fourth-order valence-electron chi connectivity index (χ4n) is 4.64. The fraction of sp³-hybridized carbons (Fsp3) is 0.348. The first kappa shape index (κ1) is 22.7. The van der Waals surface area contributed by atoms with Crippen LogP contribution in [0.15, 0.2) is 35.0 Å². The van der Waals surface area contributed by atoms with E-state index < -0.39 is 23.9 Å².